The van der Waals surface area contributed by atoms with E-state index in [0.717, 1.165) is 12.0 Å². The molecule has 24 heavy (non-hydrogen) atoms. The van der Waals surface area contributed by atoms with E-state index in [1.807, 2.05) is 0 Å². The Hall–Kier alpha value is -2.33. The van der Waals surface area contributed by atoms with E-state index >= 15 is 0 Å². The summed E-state index contributed by atoms with van der Waals surface area (Å²) in [4.78, 5) is 11.3. The third-order valence-electron chi connectivity index (χ3n) is 4.81. The minimum absolute atomic E-state index is 0.146. The van der Waals surface area contributed by atoms with E-state index < -0.39 is 6.09 Å². The molecule has 2 N–H and O–H groups in total. The van der Waals surface area contributed by atoms with Gasteiger partial charge < -0.3 is 10.5 Å². The van der Waals surface area contributed by atoms with Crippen LogP contribution in [0.2, 0.25) is 0 Å². The van der Waals surface area contributed by atoms with E-state index in [1.165, 1.54) is 26.8 Å². The summed E-state index contributed by atoms with van der Waals surface area (Å²) >= 11 is 1.76. The molecule has 1 aliphatic rings. The van der Waals surface area contributed by atoms with Crippen LogP contribution < -0.4 is 5.73 Å². The van der Waals surface area contributed by atoms with Gasteiger partial charge in [0.05, 0.1) is 0 Å². The molecule has 3 nitrogen and oxygen atoms in total. The normalized spacial score (nSPS) is 18.5. The lowest BCUT2D eigenvalue weighted by Gasteiger charge is -2.26. The fourth-order valence-corrected chi connectivity index (χ4v) is 4.70. The Balaban J connectivity index is 1.79. The van der Waals surface area contributed by atoms with E-state index in [0.29, 0.717) is 0 Å². The first-order valence-corrected chi connectivity index (χ1v) is 8.89. The summed E-state index contributed by atoms with van der Waals surface area (Å²) in [6.45, 7) is 4.22. The second-order valence-corrected chi connectivity index (χ2v) is 7.95. The zero-order valence-electron chi connectivity index (χ0n) is 13.7. The Morgan fingerprint density at radius 3 is 2.83 bits per heavy atom. The quantitative estimate of drug-likeness (QED) is 0.691. The highest BCUT2D eigenvalue weighted by atomic mass is 32.1. The van der Waals surface area contributed by atoms with Gasteiger partial charge in [-0.1, -0.05) is 50.2 Å². The minimum Gasteiger partial charge on any atom is -0.441 e. The van der Waals surface area contributed by atoms with Crippen molar-refractivity contribution >= 4 is 27.5 Å². The third kappa shape index (κ3) is 2.38. The van der Waals surface area contributed by atoms with Gasteiger partial charge in [-0.3, -0.25) is 0 Å². The molecule has 0 saturated carbocycles. The smallest absolute Gasteiger partial charge is 0.405 e. The second kappa shape index (κ2) is 5.35. The molecule has 1 unspecified atom stereocenters. The monoisotopic (exact) mass is 337 g/mol. The Morgan fingerprint density at radius 1 is 1.25 bits per heavy atom. The molecule has 1 atom stereocenters. The summed E-state index contributed by atoms with van der Waals surface area (Å²) < 4.78 is 6.69. The number of hydrogen-bond acceptors (Lipinski definition) is 3. The summed E-state index contributed by atoms with van der Waals surface area (Å²) in [5, 5.41) is 3.49. The Labute approximate surface area is 145 Å². The van der Waals surface area contributed by atoms with Gasteiger partial charge in [0.1, 0.15) is 6.10 Å². The maximum atomic E-state index is 11.3. The van der Waals surface area contributed by atoms with Crippen molar-refractivity contribution in [3.8, 4) is 11.1 Å². The Morgan fingerprint density at radius 2 is 2.04 bits per heavy atom. The number of amides is 1. The van der Waals surface area contributed by atoms with Gasteiger partial charge in [-0.25, -0.2) is 4.79 Å². The van der Waals surface area contributed by atoms with Crippen LogP contribution in [0.5, 0.6) is 0 Å². The number of fused-ring (bicyclic) bond motifs is 2. The number of thiophene rings is 1. The second-order valence-electron chi connectivity index (χ2n) is 7.04. The Kier molecular flexibility index (Phi) is 3.39. The zero-order chi connectivity index (χ0) is 16.9. The van der Waals surface area contributed by atoms with Gasteiger partial charge in [0, 0.05) is 21.1 Å². The van der Waals surface area contributed by atoms with E-state index in [-0.39, 0.29) is 11.5 Å². The number of carbonyl (C=O) groups is 1. The average molecular weight is 337 g/mol. The molecule has 0 radical (unpaired) electrons. The van der Waals surface area contributed by atoms with Crippen LogP contribution in [0.15, 0.2) is 47.8 Å². The number of carbonyl (C=O) groups excluding carboxylic acids is 1. The van der Waals surface area contributed by atoms with Gasteiger partial charge in [-0.2, -0.15) is 0 Å². The molecule has 1 amide bonds. The number of ether oxygens (including phenoxy) is 1. The average Bonchev–Trinajstić information content (AvgIpc) is 3.05. The van der Waals surface area contributed by atoms with Crippen LogP contribution in [0.4, 0.5) is 4.79 Å². The van der Waals surface area contributed by atoms with Gasteiger partial charge in [-0.15, -0.1) is 11.3 Å². The number of hydrogen-bond donors (Lipinski definition) is 1. The standard InChI is InChI=1S/C20H19NO2S/c1-20(2)10-13-9-12(7-8-14(13)18(20)23-19(21)22)16-11-24-17-6-4-3-5-15(16)17/h3-9,11,18H,10H2,1-2H3,(H2,21,22). The molecular formula is C20H19NO2S. The number of benzene rings is 2. The maximum Gasteiger partial charge on any atom is 0.405 e. The lowest BCUT2D eigenvalue weighted by atomic mass is 9.87. The third-order valence-corrected chi connectivity index (χ3v) is 5.77. The first-order valence-electron chi connectivity index (χ1n) is 8.01. The fraction of sp³-hybridized carbons (Fsp3) is 0.250. The summed E-state index contributed by atoms with van der Waals surface area (Å²) in [7, 11) is 0. The van der Waals surface area contributed by atoms with Crippen LogP contribution in [0, 0.1) is 5.41 Å². The van der Waals surface area contributed by atoms with Crippen molar-refractivity contribution in [2.45, 2.75) is 26.4 Å². The number of nitrogens with two attached hydrogens (primary N) is 1. The lowest BCUT2D eigenvalue weighted by molar-refractivity contribution is 0.0392. The van der Waals surface area contributed by atoms with Crippen LogP contribution in [0.1, 0.15) is 31.1 Å². The molecule has 0 saturated heterocycles. The van der Waals surface area contributed by atoms with Crippen LogP contribution >= 0.6 is 11.3 Å². The first-order chi connectivity index (χ1) is 11.5. The highest BCUT2D eigenvalue weighted by Gasteiger charge is 2.41. The van der Waals surface area contributed by atoms with Gasteiger partial charge in [0.15, 0.2) is 0 Å². The largest absolute Gasteiger partial charge is 0.441 e. The maximum absolute atomic E-state index is 11.3. The zero-order valence-corrected chi connectivity index (χ0v) is 14.5. The van der Waals surface area contributed by atoms with Gasteiger partial charge in [-0.05, 0) is 34.6 Å². The molecule has 0 bridgehead atoms. The summed E-state index contributed by atoms with van der Waals surface area (Å²) in [5.74, 6) is 0. The van der Waals surface area contributed by atoms with Gasteiger partial charge in [0.25, 0.3) is 0 Å². The van der Waals surface area contributed by atoms with Crippen molar-refractivity contribution in [2.24, 2.45) is 11.1 Å². The van der Waals surface area contributed by atoms with Crippen molar-refractivity contribution in [3.63, 3.8) is 0 Å². The van der Waals surface area contributed by atoms with Gasteiger partial charge >= 0.3 is 6.09 Å². The molecule has 0 aliphatic heterocycles. The molecule has 3 aromatic rings. The molecule has 122 valence electrons. The molecule has 1 aromatic heterocycles. The lowest BCUT2D eigenvalue weighted by Crippen LogP contribution is -2.25. The molecule has 0 fully saturated rings. The first kappa shape index (κ1) is 15.2. The minimum atomic E-state index is -0.714. The van der Waals surface area contributed by atoms with E-state index in [1.54, 1.807) is 11.3 Å². The SMILES string of the molecule is CC1(C)Cc2cc(-c3csc4ccccc34)ccc2C1OC(N)=O. The molecule has 0 spiro atoms. The number of primary amides is 1. The van der Waals surface area contributed by atoms with Crippen LogP contribution in [-0.2, 0) is 11.2 Å². The molecular weight excluding hydrogens is 318 g/mol. The van der Waals surface area contributed by atoms with E-state index in [2.05, 4.69) is 61.7 Å². The molecule has 2 aromatic carbocycles. The predicted molar refractivity (Wildman–Crippen MR) is 98.2 cm³/mol. The van der Waals surface area contributed by atoms with Crippen LogP contribution in [-0.4, -0.2) is 6.09 Å². The molecule has 1 heterocycles. The summed E-state index contributed by atoms with van der Waals surface area (Å²) in [5.41, 5.74) is 9.89. The summed E-state index contributed by atoms with van der Waals surface area (Å²) in [6, 6.07) is 14.9. The van der Waals surface area contributed by atoms with E-state index in [4.69, 9.17) is 10.5 Å². The molecule has 1 aliphatic carbocycles. The van der Waals surface area contributed by atoms with Gasteiger partial charge in [0.2, 0.25) is 0 Å². The highest BCUT2D eigenvalue weighted by Crippen LogP contribution is 2.48. The number of rotatable bonds is 2. The fourth-order valence-electron chi connectivity index (χ4n) is 3.73. The van der Waals surface area contributed by atoms with Crippen LogP contribution in [0.25, 0.3) is 21.2 Å². The van der Waals surface area contributed by atoms with Crippen molar-refractivity contribution in [3.05, 3.63) is 59.0 Å². The van der Waals surface area contributed by atoms with E-state index in [9.17, 15) is 4.79 Å². The topological polar surface area (TPSA) is 52.3 Å². The Bertz CT molecular complexity index is 942. The molecule has 4 rings (SSSR count). The van der Waals surface area contributed by atoms with Crippen LogP contribution in [0.3, 0.4) is 0 Å². The van der Waals surface area contributed by atoms with Crippen molar-refractivity contribution < 1.29 is 9.53 Å². The van der Waals surface area contributed by atoms with Crippen molar-refractivity contribution in [1.82, 2.24) is 0 Å². The van der Waals surface area contributed by atoms with Crippen molar-refractivity contribution in [1.29, 1.82) is 0 Å². The predicted octanol–water partition coefficient (Wildman–Crippen LogP) is 5.29. The molecule has 4 heteroatoms. The highest BCUT2D eigenvalue weighted by molar-refractivity contribution is 7.17. The summed E-state index contributed by atoms with van der Waals surface area (Å²) in [6.07, 6.45) is -0.122. The van der Waals surface area contributed by atoms with Crippen molar-refractivity contribution in [2.75, 3.05) is 0 Å².